The van der Waals surface area contributed by atoms with E-state index in [1.54, 1.807) is 11.3 Å². The zero-order valence-electron chi connectivity index (χ0n) is 10.3. The number of aromatic nitrogens is 1. The van der Waals surface area contributed by atoms with Gasteiger partial charge < -0.3 is 5.43 Å². The van der Waals surface area contributed by atoms with Gasteiger partial charge in [0.15, 0.2) is 0 Å². The van der Waals surface area contributed by atoms with Gasteiger partial charge in [0.25, 0.3) is 0 Å². The van der Waals surface area contributed by atoms with Crippen molar-refractivity contribution in [1.82, 2.24) is 4.98 Å². The number of pyridine rings is 1. The molecule has 19 heavy (non-hydrogen) atoms. The molecule has 0 radical (unpaired) electrons. The number of halogens is 1. The number of fused-ring (bicyclic) bond motifs is 1. The van der Waals surface area contributed by atoms with E-state index in [0.29, 0.717) is 10.8 Å². The van der Waals surface area contributed by atoms with Gasteiger partial charge in [-0.1, -0.05) is 23.7 Å². The molecule has 3 rings (SSSR count). The third kappa shape index (κ3) is 2.08. The lowest BCUT2D eigenvalue weighted by atomic mass is 10.1. The van der Waals surface area contributed by atoms with E-state index in [2.05, 4.69) is 22.5 Å². The summed E-state index contributed by atoms with van der Waals surface area (Å²) in [6.45, 7) is 1.96. The third-order valence-electron chi connectivity index (χ3n) is 3.10. The number of aryl methyl sites for hydroxylation is 1. The van der Waals surface area contributed by atoms with Crippen molar-refractivity contribution in [2.75, 3.05) is 5.43 Å². The molecule has 0 saturated heterocycles. The second kappa shape index (κ2) is 4.81. The molecule has 0 aliphatic heterocycles. The van der Waals surface area contributed by atoms with Gasteiger partial charge in [-0.05, 0) is 36.1 Å². The van der Waals surface area contributed by atoms with Crippen molar-refractivity contribution < 1.29 is 0 Å². The van der Waals surface area contributed by atoms with Crippen LogP contribution in [0.3, 0.4) is 0 Å². The highest BCUT2D eigenvalue weighted by Crippen LogP contribution is 2.34. The summed E-state index contributed by atoms with van der Waals surface area (Å²) in [7, 11) is 0. The zero-order chi connectivity index (χ0) is 13.4. The number of hydrazine groups is 1. The maximum atomic E-state index is 6.13. The zero-order valence-corrected chi connectivity index (χ0v) is 11.8. The molecule has 0 spiro atoms. The highest BCUT2D eigenvalue weighted by atomic mass is 35.5. The maximum Gasteiger partial charge on any atom is 0.149 e. The number of thiophene rings is 1. The average Bonchev–Trinajstić information content (AvgIpc) is 2.96. The Morgan fingerprint density at radius 1 is 1.32 bits per heavy atom. The molecule has 96 valence electrons. The van der Waals surface area contributed by atoms with Gasteiger partial charge in [-0.2, -0.15) is 0 Å². The molecule has 5 heteroatoms. The molecule has 0 amide bonds. The van der Waals surface area contributed by atoms with Crippen LogP contribution in [0.25, 0.3) is 21.3 Å². The summed E-state index contributed by atoms with van der Waals surface area (Å²) >= 11 is 7.79. The van der Waals surface area contributed by atoms with E-state index >= 15 is 0 Å². The Morgan fingerprint density at radius 2 is 2.16 bits per heavy atom. The summed E-state index contributed by atoms with van der Waals surface area (Å²) in [5, 5.41) is 3.81. The average molecular weight is 290 g/mol. The minimum Gasteiger partial charge on any atom is -0.308 e. The minimum atomic E-state index is 0.667. The van der Waals surface area contributed by atoms with Gasteiger partial charge >= 0.3 is 0 Å². The van der Waals surface area contributed by atoms with Crippen molar-refractivity contribution in [1.29, 1.82) is 0 Å². The molecule has 0 aliphatic carbocycles. The lowest BCUT2D eigenvalue weighted by Crippen LogP contribution is -2.10. The molecule has 2 heterocycles. The molecular weight excluding hydrogens is 278 g/mol. The summed E-state index contributed by atoms with van der Waals surface area (Å²) in [5.41, 5.74) is 5.52. The Balaban J connectivity index is 2.33. The summed E-state index contributed by atoms with van der Waals surface area (Å²) in [4.78, 5) is 5.73. The van der Waals surface area contributed by atoms with Crippen molar-refractivity contribution in [3.8, 4) is 10.4 Å². The third-order valence-corrected chi connectivity index (χ3v) is 4.41. The lowest BCUT2D eigenvalue weighted by Gasteiger charge is -2.10. The number of nitrogens with zero attached hydrogens (tertiary/aromatic N) is 1. The SMILES string of the molecule is Cc1c(Cl)ccc2cc(-c3cccs3)c(NN)nc12. The summed E-state index contributed by atoms with van der Waals surface area (Å²) < 4.78 is 0. The molecule has 0 aliphatic rings. The lowest BCUT2D eigenvalue weighted by molar-refractivity contribution is 1.26. The van der Waals surface area contributed by atoms with Crippen LogP contribution in [0, 0.1) is 6.92 Å². The van der Waals surface area contributed by atoms with Crippen LogP contribution >= 0.6 is 22.9 Å². The fourth-order valence-electron chi connectivity index (χ4n) is 2.09. The topological polar surface area (TPSA) is 50.9 Å². The number of benzene rings is 1. The molecule has 1 aromatic carbocycles. The molecule has 0 unspecified atom stereocenters. The molecule has 3 aromatic rings. The highest BCUT2D eigenvalue weighted by Gasteiger charge is 2.11. The standard InChI is InChI=1S/C14H12ClN3S/c1-8-11(15)5-4-9-7-10(12-3-2-6-19-12)14(18-16)17-13(8)9/h2-7H,16H2,1H3,(H,17,18). The molecule has 3 N–H and O–H groups in total. The van der Waals surface area contributed by atoms with E-state index in [0.717, 1.165) is 26.9 Å². The summed E-state index contributed by atoms with van der Waals surface area (Å²) in [6, 6.07) is 10.0. The Kier molecular flexibility index (Phi) is 3.14. The first kappa shape index (κ1) is 12.4. The first-order valence-electron chi connectivity index (χ1n) is 5.81. The molecule has 0 bridgehead atoms. The van der Waals surface area contributed by atoms with E-state index < -0.39 is 0 Å². The normalized spacial score (nSPS) is 10.9. The number of nitrogen functional groups attached to an aromatic ring is 1. The predicted molar refractivity (Wildman–Crippen MR) is 82.6 cm³/mol. The van der Waals surface area contributed by atoms with Crippen LogP contribution in [0.4, 0.5) is 5.82 Å². The van der Waals surface area contributed by atoms with Crippen molar-refractivity contribution in [2.45, 2.75) is 6.92 Å². The largest absolute Gasteiger partial charge is 0.308 e. The summed E-state index contributed by atoms with van der Waals surface area (Å²) in [5.74, 6) is 6.26. The van der Waals surface area contributed by atoms with Gasteiger partial charge in [0.1, 0.15) is 5.82 Å². The van der Waals surface area contributed by atoms with E-state index in [1.165, 1.54) is 0 Å². The van der Waals surface area contributed by atoms with Gasteiger partial charge in [0.2, 0.25) is 0 Å². The molecule has 3 nitrogen and oxygen atoms in total. The Morgan fingerprint density at radius 3 is 2.84 bits per heavy atom. The number of rotatable bonds is 2. The molecule has 0 atom stereocenters. The number of nitrogens with one attached hydrogen (secondary N) is 1. The van der Waals surface area contributed by atoms with Crippen molar-refractivity contribution >= 4 is 39.7 Å². The van der Waals surface area contributed by atoms with Crippen LogP contribution in [0.2, 0.25) is 5.02 Å². The maximum absolute atomic E-state index is 6.13. The van der Waals surface area contributed by atoms with Gasteiger partial charge in [0.05, 0.1) is 5.52 Å². The molecule has 2 aromatic heterocycles. The predicted octanol–water partition coefficient (Wildman–Crippen LogP) is 4.21. The Bertz CT molecular complexity index is 738. The first-order valence-corrected chi connectivity index (χ1v) is 7.07. The van der Waals surface area contributed by atoms with Gasteiger partial charge in [-0.25, -0.2) is 10.8 Å². The van der Waals surface area contributed by atoms with Crippen LogP contribution in [0.15, 0.2) is 35.7 Å². The van der Waals surface area contributed by atoms with Crippen LogP contribution < -0.4 is 11.3 Å². The summed E-state index contributed by atoms with van der Waals surface area (Å²) in [6.07, 6.45) is 0. The second-order valence-electron chi connectivity index (χ2n) is 4.25. The first-order chi connectivity index (χ1) is 9.20. The monoisotopic (exact) mass is 289 g/mol. The van der Waals surface area contributed by atoms with Gasteiger partial charge in [-0.15, -0.1) is 11.3 Å². The van der Waals surface area contributed by atoms with Crippen molar-refractivity contribution in [3.63, 3.8) is 0 Å². The van der Waals surface area contributed by atoms with Gasteiger partial charge in [0, 0.05) is 20.8 Å². The van der Waals surface area contributed by atoms with Crippen LogP contribution in [-0.4, -0.2) is 4.98 Å². The second-order valence-corrected chi connectivity index (χ2v) is 5.61. The van der Waals surface area contributed by atoms with Gasteiger partial charge in [-0.3, -0.25) is 0 Å². The fraction of sp³-hybridized carbons (Fsp3) is 0.0714. The number of nitrogens with two attached hydrogens (primary N) is 1. The van der Waals surface area contributed by atoms with Crippen molar-refractivity contribution in [2.24, 2.45) is 5.84 Å². The smallest absolute Gasteiger partial charge is 0.149 e. The minimum absolute atomic E-state index is 0.667. The Hall–Kier alpha value is -1.62. The van der Waals surface area contributed by atoms with Crippen LogP contribution in [-0.2, 0) is 0 Å². The van der Waals surface area contributed by atoms with E-state index in [1.807, 2.05) is 30.5 Å². The number of hydrogen-bond acceptors (Lipinski definition) is 4. The molecule has 0 saturated carbocycles. The van der Waals surface area contributed by atoms with Crippen LogP contribution in [0.1, 0.15) is 5.56 Å². The van der Waals surface area contributed by atoms with Crippen LogP contribution in [0.5, 0.6) is 0 Å². The quantitative estimate of drug-likeness (QED) is 0.549. The van der Waals surface area contributed by atoms with E-state index in [4.69, 9.17) is 17.4 Å². The Labute approximate surface area is 120 Å². The van der Waals surface area contributed by atoms with E-state index in [9.17, 15) is 0 Å². The highest BCUT2D eigenvalue weighted by molar-refractivity contribution is 7.13. The number of hydrogen-bond donors (Lipinski definition) is 2. The number of anilines is 1. The molecule has 0 fully saturated rings. The fourth-order valence-corrected chi connectivity index (χ4v) is 2.98. The van der Waals surface area contributed by atoms with Crippen molar-refractivity contribution in [3.05, 3.63) is 46.3 Å². The molecular formula is C14H12ClN3S. The van der Waals surface area contributed by atoms with E-state index in [-0.39, 0.29) is 0 Å².